The van der Waals surface area contributed by atoms with Crippen molar-refractivity contribution < 1.29 is 9.66 Å². The first kappa shape index (κ1) is 14.0. The van der Waals surface area contributed by atoms with Crippen LogP contribution < -0.4 is 10.1 Å². The van der Waals surface area contributed by atoms with Crippen molar-refractivity contribution in [2.24, 2.45) is 0 Å². The molecule has 104 valence electrons. The molecule has 0 spiro atoms. The highest BCUT2D eigenvalue weighted by molar-refractivity contribution is 5.45. The Morgan fingerprint density at radius 1 is 1.40 bits per heavy atom. The van der Waals surface area contributed by atoms with Gasteiger partial charge in [0.1, 0.15) is 5.75 Å². The summed E-state index contributed by atoms with van der Waals surface area (Å²) in [6.45, 7) is 2.40. The van der Waals surface area contributed by atoms with E-state index in [2.05, 4.69) is 10.3 Å². The number of hydrogen-bond donors (Lipinski definition) is 1. The number of rotatable bonds is 5. The Hall–Kier alpha value is -2.47. The van der Waals surface area contributed by atoms with E-state index in [-0.39, 0.29) is 5.69 Å². The molecule has 0 unspecified atom stereocenters. The van der Waals surface area contributed by atoms with Gasteiger partial charge in [-0.3, -0.25) is 10.1 Å². The van der Waals surface area contributed by atoms with Crippen LogP contribution >= 0.6 is 0 Å². The second-order valence-corrected chi connectivity index (χ2v) is 4.31. The fourth-order valence-corrected chi connectivity index (χ4v) is 1.81. The third kappa shape index (κ3) is 3.10. The van der Waals surface area contributed by atoms with Crippen LogP contribution in [-0.2, 0) is 6.54 Å². The van der Waals surface area contributed by atoms with Crippen LogP contribution in [0, 0.1) is 17.0 Å². The second kappa shape index (κ2) is 6.12. The minimum absolute atomic E-state index is 0.0475. The van der Waals surface area contributed by atoms with Crippen molar-refractivity contribution in [1.29, 1.82) is 0 Å². The molecule has 0 aliphatic rings. The number of hydrogen-bond acceptors (Lipinski definition) is 5. The first-order valence-corrected chi connectivity index (χ1v) is 6.13. The zero-order valence-corrected chi connectivity index (χ0v) is 11.3. The number of nitro groups is 1. The van der Waals surface area contributed by atoms with Gasteiger partial charge < -0.3 is 10.1 Å². The van der Waals surface area contributed by atoms with Crippen LogP contribution in [0.1, 0.15) is 11.1 Å². The number of aromatic nitrogens is 1. The predicted octanol–water partition coefficient (Wildman–Crippen LogP) is 2.81. The minimum Gasteiger partial charge on any atom is -0.438 e. The van der Waals surface area contributed by atoms with E-state index in [1.165, 1.54) is 12.1 Å². The van der Waals surface area contributed by atoms with Gasteiger partial charge in [0.25, 0.3) is 5.69 Å². The van der Waals surface area contributed by atoms with Crippen molar-refractivity contribution in [3.8, 4) is 11.6 Å². The van der Waals surface area contributed by atoms with Gasteiger partial charge >= 0.3 is 0 Å². The highest BCUT2D eigenvalue weighted by Crippen LogP contribution is 2.28. The normalized spacial score (nSPS) is 10.3. The molecule has 1 heterocycles. The van der Waals surface area contributed by atoms with Gasteiger partial charge in [0.15, 0.2) is 0 Å². The first-order chi connectivity index (χ1) is 9.61. The average Bonchev–Trinajstić information content (AvgIpc) is 2.43. The predicted molar refractivity (Wildman–Crippen MR) is 74.9 cm³/mol. The zero-order chi connectivity index (χ0) is 14.5. The van der Waals surface area contributed by atoms with Gasteiger partial charge in [-0.25, -0.2) is 4.98 Å². The summed E-state index contributed by atoms with van der Waals surface area (Å²) in [6, 6.07) is 8.24. The van der Waals surface area contributed by atoms with E-state index in [9.17, 15) is 10.1 Å². The lowest BCUT2D eigenvalue weighted by Crippen LogP contribution is -2.07. The molecule has 0 aliphatic carbocycles. The van der Waals surface area contributed by atoms with E-state index in [0.29, 0.717) is 23.7 Å². The van der Waals surface area contributed by atoms with Crippen molar-refractivity contribution >= 4 is 5.69 Å². The van der Waals surface area contributed by atoms with Crippen LogP contribution in [0.25, 0.3) is 0 Å². The first-order valence-electron chi connectivity index (χ1n) is 6.13. The fourth-order valence-electron chi connectivity index (χ4n) is 1.81. The average molecular weight is 273 g/mol. The van der Waals surface area contributed by atoms with Crippen LogP contribution in [-0.4, -0.2) is 17.0 Å². The molecule has 6 nitrogen and oxygen atoms in total. The van der Waals surface area contributed by atoms with E-state index >= 15 is 0 Å². The standard InChI is InChI=1S/C14H15N3O3/c1-10-8-12(17(18)19)5-6-13(10)20-14-11(9-15-2)4-3-7-16-14/h3-8,15H,9H2,1-2H3. The van der Waals surface area contributed by atoms with Crippen LogP contribution in [0.3, 0.4) is 0 Å². The Labute approximate surface area is 116 Å². The summed E-state index contributed by atoms with van der Waals surface area (Å²) in [4.78, 5) is 14.5. The quantitative estimate of drug-likeness (QED) is 0.669. The molecule has 1 aromatic carbocycles. The van der Waals surface area contributed by atoms with Crippen molar-refractivity contribution in [2.45, 2.75) is 13.5 Å². The van der Waals surface area contributed by atoms with Crippen molar-refractivity contribution in [3.63, 3.8) is 0 Å². The molecule has 0 saturated heterocycles. The fraction of sp³-hybridized carbons (Fsp3) is 0.214. The molecule has 1 N–H and O–H groups in total. The number of pyridine rings is 1. The van der Waals surface area contributed by atoms with Crippen LogP contribution in [0.15, 0.2) is 36.5 Å². The third-order valence-corrected chi connectivity index (χ3v) is 2.79. The Morgan fingerprint density at radius 3 is 2.85 bits per heavy atom. The van der Waals surface area contributed by atoms with E-state index in [0.717, 1.165) is 5.56 Å². The second-order valence-electron chi connectivity index (χ2n) is 4.31. The number of benzene rings is 1. The molecular weight excluding hydrogens is 258 g/mol. The van der Waals surface area contributed by atoms with Crippen molar-refractivity contribution in [1.82, 2.24) is 10.3 Å². The van der Waals surface area contributed by atoms with Gasteiger partial charge in [-0.2, -0.15) is 0 Å². The van der Waals surface area contributed by atoms with Gasteiger partial charge in [0.2, 0.25) is 5.88 Å². The number of aryl methyl sites for hydroxylation is 1. The maximum atomic E-state index is 10.7. The number of nitro benzene ring substituents is 1. The van der Waals surface area contributed by atoms with Gasteiger partial charge in [0, 0.05) is 30.4 Å². The van der Waals surface area contributed by atoms with Crippen LogP contribution in [0.2, 0.25) is 0 Å². The molecule has 6 heteroatoms. The smallest absolute Gasteiger partial charge is 0.269 e. The van der Waals surface area contributed by atoms with Crippen molar-refractivity contribution in [3.05, 3.63) is 57.8 Å². The highest BCUT2D eigenvalue weighted by Gasteiger charge is 2.11. The van der Waals surface area contributed by atoms with E-state index in [1.807, 2.05) is 19.2 Å². The van der Waals surface area contributed by atoms with Crippen molar-refractivity contribution in [2.75, 3.05) is 7.05 Å². The molecule has 0 aliphatic heterocycles. The lowest BCUT2D eigenvalue weighted by molar-refractivity contribution is -0.384. The Balaban J connectivity index is 2.28. The molecule has 0 fully saturated rings. The molecule has 1 aromatic heterocycles. The SMILES string of the molecule is CNCc1cccnc1Oc1ccc([N+](=O)[O-])cc1C. The summed E-state index contributed by atoms with van der Waals surface area (Å²) in [7, 11) is 1.84. The summed E-state index contributed by atoms with van der Waals surface area (Å²) in [5, 5.41) is 13.7. The number of nitrogens with one attached hydrogen (secondary N) is 1. The largest absolute Gasteiger partial charge is 0.438 e. The lowest BCUT2D eigenvalue weighted by atomic mass is 10.2. The summed E-state index contributed by atoms with van der Waals surface area (Å²) in [6.07, 6.45) is 1.65. The highest BCUT2D eigenvalue weighted by atomic mass is 16.6. The molecule has 0 radical (unpaired) electrons. The third-order valence-electron chi connectivity index (χ3n) is 2.79. The molecule has 2 aromatic rings. The molecule has 0 atom stereocenters. The van der Waals surface area contributed by atoms with Crippen LogP contribution in [0.5, 0.6) is 11.6 Å². The van der Waals surface area contributed by atoms with Gasteiger partial charge in [-0.05, 0) is 31.7 Å². The maximum absolute atomic E-state index is 10.7. The Kier molecular flexibility index (Phi) is 4.27. The molecule has 20 heavy (non-hydrogen) atoms. The molecule has 2 rings (SSSR count). The molecule has 0 bridgehead atoms. The van der Waals surface area contributed by atoms with E-state index in [4.69, 9.17) is 4.74 Å². The topological polar surface area (TPSA) is 77.3 Å². The lowest BCUT2D eigenvalue weighted by Gasteiger charge is -2.11. The zero-order valence-electron chi connectivity index (χ0n) is 11.3. The van der Waals surface area contributed by atoms with Crippen LogP contribution in [0.4, 0.5) is 5.69 Å². The number of nitrogens with zero attached hydrogens (tertiary/aromatic N) is 2. The number of non-ortho nitro benzene ring substituents is 1. The number of ether oxygens (including phenoxy) is 1. The summed E-state index contributed by atoms with van der Waals surface area (Å²) in [5.41, 5.74) is 1.67. The summed E-state index contributed by atoms with van der Waals surface area (Å²) >= 11 is 0. The monoisotopic (exact) mass is 273 g/mol. The van der Waals surface area contributed by atoms with Gasteiger partial charge in [0.05, 0.1) is 4.92 Å². The maximum Gasteiger partial charge on any atom is 0.269 e. The van der Waals surface area contributed by atoms with Gasteiger partial charge in [-0.15, -0.1) is 0 Å². The molecule has 0 saturated carbocycles. The van der Waals surface area contributed by atoms with Gasteiger partial charge in [-0.1, -0.05) is 6.07 Å². The van der Waals surface area contributed by atoms with E-state index in [1.54, 1.807) is 19.2 Å². The Bertz CT molecular complexity index is 629. The van der Waals surface area contributed by atoms with E-state index < -0.39 is 4.92 Å². The minimum atomic E-state index is -0.427. The summed E-state index contributed by atoms with van der Waals surface area (Å²) in [5.74, 6) is 1.06. The molecular formula is C14H15N3O3. The molecule has 0 amide bonds. The Morgan fingerprint density at radius 2 is 2.20 bits per heavy atom. The summed E-state index contributed by atoms with van der Waals surface area (Å²) < 4.78 is 5.75.